The van der Waals surface area contributed by atoms with Gasteiger partial charge >= 0.3 is 6.18 Å². The van der Waals surface area contributed by atoms with E-state index in [1.807, 2.05) is 6.92 Å². The number of sulfone groups is 1. The minimum absolute atomic E-state index is 0.0795. The Hall–Kier alpha value is -1.94. The van der Waals surface area contributed by atoms with Crippen LogP contribution in [0.2, 0.25) is 0 Å². The van der Waals surface area contributed by atoms with Crippen LogP contribution >= 0.6 is 0 Å². The lowest BCUT2D eigenvalue weighted by molar-refractivity contribution is -0.137. The van der Waals surface area contributed by atoms with Gasteiger partial charge in [0.2, 0.25) is 0 Å². The van der Waals surface area contributed by atoms with Crippen molar-refractivity contribution in [3.05, 3.63) is 65.2 Å². The first-order valence-electron chi connectivity index (χ1n) is 9.54. The van der Waals surface area contributed by atoms with E-state index >= 15 is 0 Å². The largest absolute Gasteiger partial charge is 0.416 e. The highest BCUT2D eigenvalue weighted by molar-refractivity contribution is 7.91. The fourth-order valence-corrected chi connectivity index (χ4v) is 4.28. The third-order valence-electron chi connectivity index (χ3n) is 4.65. The van der Waals surface area contributed by atoms with Crippen molar-refractivity contribution in [1.29, 1.82) is 0 Å². The smallest absolute Gasteiger partial charge is 0.396 e. The van der Waals surface area contributed by atoms with E-state index in [4.69, 9.17) is 5.11 Å². The average molecular weight is 446 g/mol. The first-order valence-corrected chi connectivity index (χ1v) is 11.2. The van der Waals surface area contributed by atoms with Crippen molar-refractivity contribution in [2.45, 2.75) is 43.0 Å². The Balaban J connectivity index is 1.91. The maximum atomic E-state index is 12.8. The number of alkyl halides is 3. The van der Waals surface area contributed by atoms with Crippen LogP contribution in [0.25, 0.3) is 0 Å². The van der Waals surface area contributed by atoms with Crippen LogP contribution in [0, 0.1) is 0 Å². The molecule has 2 aromatic rings. The first kappa shape index (κ1) is 24.3. The molecule has 166 valence electrons. The van der Waals surface area contributed by atoms with E-state index in [1.54, 1.807) is 12.1 Å². The molecule has 9 heteroatoms. The molecule has 2 aromatic carbocycles. The van der Waals surface area contributed by atoms with Crippen LogP contribution < -0.4 is 5.32 Å². The SMILES string of the molecule is CC(Cc1ccc(S(=O)(=O)CCCO)cc1)NCC(O)c1cccc(C(F)(F)F)c1. The molecule has 2 atom stereocenters. The van der Waals surface area contributed by atoms with Crippen LogP contribution in [0.5, 0.6) is 0 Å². The number of hydrogen-bond donors (Lipinski definition) is 3. The Labute approximate surface area is 174 Å². The summed E-state index contributed by atoms with van der Waals surface area (Å²) < 4.78 is 62.6. The highest BCUT2D eigenvalue weighted by Crippen LogP contribution is 2.30. The summed E-state index contributed by atoms with van der Waals surface area (Å²) in [6.45, 7) is 1.76. The van der Waals surface area contributed by atoms with Crippen LogP contribution in [-0.2, 0) is 22.4 Å². The van der Waals surface area contributed by atoms with Gasteiger partial charge in [-0.3, -0.25) is 0 Å². The van der Waals surface area contributed by atoms with E-state index < -0.39 is 27.7 Å². The lowest BCUT2D eigenvalue weighted by atomic mass is 10.0. The van der Waals surface area contributed by atoms with Crippen LogP contribution in [0.4, 0.5) is 13.2 Å². The zero-order valence-corrected chi connectivity index (χ0v) is 17.4. The Morgan fingerprint density at radius 3 is 2.37 bits per heavy atom. The Kier molecular flexibility index (Phi) is 8.42. The number of aliphatic hydroxyl groups excluding tert-OH is 2. The van der Waals surface area contributed by atoms with E-state index in [0.29, 0.717) is 6.42 Å². The standard InChI is InChI=1S/C21H26F3NO4S/c1-15(12-16-6-8-19(9-7-16)30(28,29)11-3-10-26)25-14-20(27)17-4-2-5-18(13-17)21(22,23)24/h2,4-9,13,15,20,25-27H,3,10-12,14H2,1H3. The summed E-state index contributed by atoms with van der Waals surface area (Å²) in [4.78, 5) is 0.195. The van der Waals surface area contributed by atoms with Crippen LogP contribution in [0.3, 0.4) is 0 Å². The third-order valence-corrected chi connectivity index (χ3v) is 6.47. The normalized spacial score (nSPS) is 14.5. The van der Waals surface area contributed by atoms with Crippen LogP contribution in [0.15, 0.2) is 53.4 Å². The molecule has 0 bridgehead atoms. The quantitative estimate of drug-likeness (QED) is 0.523. The molecule has 0 heterocycles. The summed E-state index contributed by atoms with van der Waals surface area (Å²) in [5, 5.41) is 22.1. The Morgan fingerprint density at radius 1 is 1.10 bits per heavy atom. The van der Waals surface area contributed by atoms with Gasteiger partial charge in [0.15, 0.2) is 9.84 Å². The van der Waals surface area contributed by atoms with Gasteiger partial charge in [-0.25, -0.2) is 8.42 Å². The van der Waals surface area contributed by atoms with E-state index in [9.17, 15) is 26.7 Å². The molecule has 2 rings (SSSR count). The second kappa shape index (κ2) is 10.4. The highest BCUT2D eigenvalue weighted by atomic mass is 32.2. The van der Waals surface area contributed by atoms with Crippen molar-refractivity contribution in [1.82, 2.24) is 5.32 Å². The maximum absolute atomic E-state index is 12.8. The predicted octanol–water partition coefficient (Wildman–Crippen LogP) is 3.12. The monoisotopic (exact) mass is 445 g/mol. The summed E-state index contributed by atoms with van der Waals surface area (Å²) in [7, 11) is -3.42. The molecule has 0 aliphatic heterocycles. The van der Waals surface area contributed by atoms with Gasteiger partial charge in [0.05, 0.1) is 22.3 Å². The van der Waals surface area contributed by atoms with E-state index in [0.717, 1.165) is 17.7 Å². The second-order valence-corrected chi connectivity index (χ2v) is 9.30. The fraction of sp³-hybridized carbons (Fsp3) is 0.429. The van der Waals surface area contributed by atoms with Gasteiger partial charge in [-0.1, -0.05) is 24.3 Å². The number of aliphatic hydroxyl groups is 2. The van der Waals surface area contributed by atoms with Gasteiger partial charge in [-0.15, -0.1) is 0 Å². The molecule has 3 N–H and O–H groups in total. The highest BCUT2D eigenvalue weighted by Gasteiger charge is 2.30. The Bertz CT molecular complexity index is 915. The first-order chi connectivity index (χ1) is 14.0. The molecule has 0 saturated heterocycles. The molecule has 0 aromatic heterocycles. The minimum Gasteiger partial charge on any atom is -0.396 e. The number of nitrogens with one attached hydrogen (secondary N) is 1. The van der Waals surface area contributed by atoms with Crippen LogP contribution in [-0.4, -0.2) is 43.6 Å². The average Bonchev–Trinajstić information content (AvgIpc) is 2.70. The molecule has 0 fully saturated rings. The summed E-state index contributed by atoms with van der Waals surface area (Å²) in [6.07, 6.45) is -4.83. The molecule has 5 nitrogen and oxygen atoms in total. The summed E-state index contributed by atoms with van der Waals surface area (Å²) >= 11 is 0. The van der Waals surface area contributed by atoms with Gasteiger partial charge in [0, 0.05) is 19.2 Å². The zero-order chi connectivity index (χ0) is 22.4. The summed E-state index contributed by atoms with van der Waals surface area (Å²) in [5.74, 6) is -0.117. The second-order valence-electron chi connectivity index (χ2n) is 7.19. The summed E-state index contributed by atoms with van der Waals surface area (Å²) in [6, 6.07) is 11.0. The molecular weight excluding hydrogens is 419 g/mol. The van der Waals surface area contributed by atoms with Crippen molar-refractivity contribution >= 4 is 9.84 Å². The van der Waals surface area contributed by atoms with Gasteiger partial charge < -0.3 is 15.5 Å². The van der Waals surface area contributed by atoms with Crippen molar-refractivity contribution in [3.8, 4) is 0 Å². The lowest BCUT2D eigenvalue weighted by Crippen LogP contribution is -2.32. The predicted molar refractivity (Wildman–Crippen MR) is 108 cm³/mol. The molecule has 0 aliphatic rings. The fourth-order valence-electron chi connectivity index (χ4n) is 2.98. The lowest BCUT2D eigenvalue weighted by Gasteiger charge is -2.18. The molecule has 2 unspecified atom stereocenters. The van der Waals surface area contributed by atoms with E-state index in [1.165, 1.54) is 24.3 Å². The van der Waals surface area contributed by atoms with Gasteiger partial charge in [0.25, 0.3) is 0 Å². The molecular formula is C21H26F3NO4S. The third kappa shape index (κ3) is 7.09. The molecule has 0 aliphatic carbocycles. The van der Waals surface area contributed by atoms with E-state index in [2.05, 4.69) is 5.32 Å². The number of rotatable bonds is 10. The van der Waals surface area contributed by atoms with Crippen molar-refractivity contribution in [2.24, 2.45) is 0 Å². The topological polar surface area (TPSA) is 86.6 Å². The Morgan fingerprint density at radius 2 is 1.77 bits per heavy atom. The van der Waals surface area contributed by atoms with Gasteiger partial charge in [-0.05, 0) is 55.2 Å². The van der Waals surface area contributed by atoms with Gasteiger partial charge in [-0.2, -0.15) is 13.2 Å². The zero-order valence-electron chi connectivity index (χ0n) is 16.6. The minimum atomic E-state index is -4.46. The van der Waals surface area contributed by atoms with Crippen molar-refractivity contribution in [3.63, 3.8) is 0 Å². The van der Waals surface area contributed by atoms with Crippen LogP contribution in [0.1, 0.15) is 36.1 Å². The molecule has 0 saturated carbocycles. The maximum Gasteiger partial charge on any atom is 0.416 e. The molecule has 30 heavy (non-hydrogen) atoms. The summed E-state index contributed by atoms with van der Waals surface area (Å²) in [5.41, 5.74) is 0.257. The number of halogens is 3. The number of hydrogen-bond acceptors (Lipinski definition) is 5. The van der Waals surface area contributed by atoms with Crippen molar-refractivity contribution in [2.75, 3.05) is 18.9 Å². The van der Waals surface area contributed by atoms with Crippen molar-refractivity contribution < 1.29 is 31.8 Å². The van der Waals surface area contributed by atoms with Gasteiger partial charge in [0.1, 0.15) is 0 Å². The number of benzene rings is 2. The molecule has 0 spiro atoms. The molecule has 0 radical (unpaired) electrons. The molecule has 0 amide bonds. The van der Waals surface area contributed by atoms with E-state index in [-0.39, 0.29) is 41.8 Å².